The standard InChI is InChI=1S/C15H11OS/c1-11-6-2-5-9-14(11)17-15-10-16-13-8-4-3-7-12(13)15/h2-10H,1H2. The highest BCUT2D eigenvalue weighted by Crippen LogP contribution is 2.36. The van der Waals surface area contributed by atoms with Gasteiger partial charge in [-0.25, -0.2) is 0 Å². The fourth-order valence-corrected chi connectivity index (χ4v) is 2.71. The molecule has 0 fully saturated rings. The molecule has 2 aromatic carbocycles. The second-order valence-electron chi connectivity index (χ2n) is 3.81. The molecular weight excluding hydrogens is 228 g/mol. The van der Waals surface area contributed by atoms with E-state index in [0.717, 1.165) is 21.4 Å². The summed E-state index contributed by atoms with van der Waals surface area (Å²) in [7, 11) is 0. The van der Waals surface area contributed by atoms with E-state index in [0.29, 0.717) is 0 Å². The number of furan rings is 1. The smallest absolute Gasteiger partial charge is 0.135 e. The van der Waals surface area contributed by atoms with Crippen LogP contribution in [0.5, 0.6) is 0 Å². The Bertz CT molecular complexity index is 655. The van der Waals surface area contributed by atoms with E-state index >= 15 is 0 Å². The van der Waals surface area contributed by atoms with E-state index < -0.39 is 0 Å². The summed E-state index contributed by atoms with van der Waals surface area (Å²) >= 11 is 1.69. The van der Waals surface area contributed by atoms with Crippen molar-refractivity contribution in [2.75, 3.05) is 0 Å². The van der Waals surface area contributed by atoms with Gasteiger partial charge in [-0.2, -0.15) is 0 Å². The predicted molar refractivity (Wildman–Crippen MR) is 71.2 cm³/mol. The third-order valence-corrected chi connectivity index (χ3v) is 3.79. The molecule has 3 rings (SSSR count). The summed E-state index contributed by atoms with van der Waals surface area (Å²) in [4.78, 5) is 2.30. The molecule has 1 radical (unpaired) electrons. The topological polar surface area (TPSA) is 13.1 Å². The summed E-state index contributed by atoms with van der Waals surface area (Å²) in [6.45, 7) is 4.03. The minimum absolute atomic E-state index is 0.927. The molecule has 17 heavy (non-hydrogen) atoms. The lowest BCUT2D eigenvalue weighted by Gasteiger charge is -2.02. The number of rotatable bonds is 2. The third kappa shape index (κ3) is 1.96. The van der Waals surface area contributed by atoms with Crippen molar-refractivity contribution in [3.05, 3.63) is 67.3 Å². The average molecular weight is 239 g/mol. The van der Waals surface area contributed by atoms with Crippen LogP contribution >= 0.6 is 11.8 Å². The Morgan fingerprint density at radius 3 is 2.53 bits per heavy atom. The Balaban J connectivity index is 2.03. The molecule has 1 heterocycles. The maximum Gasteiger partial charge on any atom is 0.135 e. The summed E-state index contributed by atoms with van der Waals surface area (Å²) < 4.78 is 5.52. The predicted octanol–water partition coefficient (Wildman–Crippen LogP) is 4.77. The summed E-state index contributed by atoms with van der Waals surface area (Å²) in [5.41, 5.74) is 1.97. The highest BCUT2D eigenvalue weighted by molar-refractivity contribution is 7.99. The summed E-state index contributed by atoms with van der Waals surface area (Å²) in [6, 6.07) is 16.2. The Labute approximate surface area is 104 Å². The van der Waals surface area contributed by atoms with Crippen molar-refractivity contribution in [1.29, 1.82) is 0 Å². The van der Waals surface area contributed by atoms with Crippen molar-refractivity contribution >= 4 is 22.7 Å². The molecule has 2 heteroatoms. The van der Waals surface area contributed by atoms with Gasteiger partial charge in [0, 0.05) is 10.3 Å². The molecule has 0 aliphatic heterocycles. The fraction of sp³-hybridized carbons (Fsp3) is 0. The molecule has 0 N–H and O–H groups in total. The normalized spacial score (nSPS) is 10.9. The van der Waals surface area contributed by atoms with Crippen LogP contribution in [0.3, 0.4) is 0 Å². The van der Waals surface area contributed by atoms with E-state index in [9.17, 15) is 0 Å². The van der Waals surface area contributed by atoms with Crippen LogP contribution in [0.4, 0.5) is 0 Å². The number of hydrogen-bond donors (Lipinski definition) is 0. The van der Waals surface area contributed by atoms with Gasteiger partial charge in [0.1, 0.15) is 11.8 Å². The fourth-order valence-electron chi connectivity index (χ4n) is 1.75. The van der Waals surface area contributed by atoms with Gasteiger partial charge in [0.25, 0.3) is 0 Å². The minimum atomic E-state index is 0.927. The molecule has 0 aliphatic rings. The van der Waals surface area contributed by atoms with Crippen molar-refractivity contribution < 1.29 is 4.42 Å². The number of hydrogen-bond acceptors (Lipinski definition) is 2. The van der Waals surface area contributed by atoms with Gasteiger partial charge in [0.2, 0.25) is 0 Å². The highest BCUT2D eigenvalue weighted by Gasteiger charge is 2.07. The summed E-state index contributed by atoms with van der Waals surface area (Å²) in [5, 5.41) is 1.15. The Morgan fingerprint density at radius 2 is 1.65 bits per heavy atom. The average Bonchev–Trinajstić information content (AvgIpc) is 2.76. The van der Waals surface area contributed by atoms with Crippen LogP contribution in [0, 0.1) is 6.92 Å². The van der Waals surface area contributed by atoms with E-state index in [1.807, 2.05) is 42.7 Å². The Kier molecular flexibility index (Phi) is 2.65. The van der Waals surface area contributed by atoms with Gasteiger partial charge in [-0.3, -0.25) is 0 Å². The molecule has 1 aromatic heterocycles. The number of benzene rings is 2. The van der Waals surface area contributed by atoms with Gasteiger partial charge in [-0.1, -0.05) is 42.1 Å². The van der Waals surface area contributed by atoms with Crippen LogP contribution in [-0.2, 0) is 0 Å². The van der Waals surface area contributed by atoms with E-state index in [2.05, 4.69) is 19.1 Å². The Hall–Kier alpha value is -1.67. The zero-order chi connectivity index (χ0) is 11.7. The molecule has 0 unspecified atom stereocenters. The number of fused-ring (bicyclic) bond motifs is 1. The van der Waals surface area contributed by atoms with Gasteiger partial charge in [0.15, 0.2) is 0 Å². The van der Waals surface area contributed by atoms with Crippen LogP contribution in [0.15, 0.2) is 69.0 Å². The molecule has 0 spiro atoms. The Morgan fingerprint density at radius 1 is 0.882 bits per heavy atom. The molecular formula is C15H11OS. The second kappa shape index (κ2) is 4.30. The lowest BCUT2D eigenvalue weighted by Crippen LogP contribution is -1.77. The maximum atomic E-state index is 5.52. The molecule has 0 aliphatic carbocycles. The van der Waals surface area contributed by atoms with Crippen LogP contribution in [0.1, 0.15) is 5.56 Å². The second-order valence-corrected chi connectivity index (χ2v) is 4.89. The molecule has 0 saturated carbocycles. The first-order valence-corrected chi connectivity index (χ1v) is 6.21. The van der Waals surface area contributed by atoms with Gasteiger partial charge in [-0.15, -0.1) is 0 Å². The van der Waals surface area contributed by atoms with Crippen LogP contribution in [0.2, 0.25) is 0 Å². The van der Waals surface area contributed by atoms with Crippen molar-refractivity contribution in [2.45, 2.75) is 9.79 Å². The van der Waals surface area contributed by atoms with Crippen molar-refractivity contribution in [1.82, 2.24) is 0 Å². The first kappa shape index (κ1) is 10.5. The van der Waals surface area contributed by atoms with E-state index in [1.165, 1.54) is 4.90 Å². The van der Waals surface area contributed by atoms with Crippen LogP contribution in [0.25, 0.3) is 11.0 Å². The van der Waals surface area contributed by atoms with Crippen molar-refractivity contribution in [2.24, 2.45) is 0 Å². The first-order valence-electron chi connectivity index (χ1n) is 5.40. The van der Waals surface area contributed by atoms with Gasteiger partial charge in [-0.05, 0) is 30.7 Å². The van der Waals surface area contributed by atoms with Crippen molar-refractivity contribution in [3.8, 4) is 0 Å². The molecule has 1 nitrogen and oxygen atoms in total. The quantitative estimate of drug-likeness (QED) is 0.639. The molecule has 0 bridgehead atoms. The van der Waals surface area contributed by atoms with Crippen LogP contribution in [-0.4, -0.2) is 0 Å². The molecule has 3 aromatic rings. The largest absolute Gasteiger partial charge is 0.463 e. The van der Waals surface area contributed by atoms with Gasteiger partial charge in [0.05, 0.1) is 4.90 Å². The molecule has 0 atom stereocenters. The lowest BCUT2D eigenvalue weighted by atomic mass is 10.2. The zero-order valence-electron chi connectivity index (χ0n) is 9.22. The zero-order valence-corrected chi connectivity index (χ0v) is 10.0. The van der Waals surface area contributed by atoms with Crippen LogP contribution < -0.4 is 0 Å². The maximum absolute atomic E-state index is 5.52. The SMILES string of the molecule is [CH2]c1ccccc1Sc1coc2ccccc12. The van der Waals surface area contributed by atoms with Crippen molar-refractivity contribution in [3.63, 3.8) is 0 Å². The third-order valence-electron chi connectivity index (χ3n) is 2.64. The molecule has 83 valence electrons. The van der Waals surface area contributed by atoms with Gasteiger partial charge >= 0.3 is 0 Å². The first-order chi connectivity index (χ1) is 8.34. The monoisotopic (exact) mass is 239 g/mol. The molecule has 0 amide bonds. The highest BCUT2D eigenvalue weighted by atomic mass is 32.2. The van der Waals surface area contributed by atoms with E-state index in [1.54, 1.807) is 11.8 Å². The summed E-state index contributed by atoms with van der Waals surface area (Å²) in [5.74, 6) is 0. The van der Waals surface area contributed by atoms with E-state index in [-0.39, 0.29) is 0 Å². The van der Waals surface area contributed by atoms with Gasteiger partial charge < -0.3 is 4.42 Å². The lowest BCUT2D eigenvalue weighted by molar-refractivity contribution is 0.608. The minimum Gasteiger partial charge on any atom is -0.463 e. The van der Waals surface area contributed by atoms with E-state index in [4.69, 9.17) is 4.42 Å². The number of para-hydroxylation sites is 1. The molecule has 0 saturated heterocycles. The summed E-state index contributed by atoms with van der Waals surface area (Å²) in [6.07, 6.45) is 1.81.